The number of hydrogen-bond donors (Lipinski definition) is 0. The van der Waals surface area contributed by atoms with Crippen LogP contribution in [-0.4, -0.2) is 12.4 Å². The molecule has 0 aromatic heterocycles. The molecule has 2 nitrogen and oxygen atoms in total. The van der Waals surface area contributed by atoms with Crippen molar-refractivity contribution >= 4 is 28.4 Å². The van der Waals surface area contributed by atoms with Crippen LogP contribution in [0.3, 0.4) is 0 Å². The molecule has 0 fully saturated rings. The molecular weight excluding hydrogens is 363 g/mol. The summed E-state index contributed by atoms with van der Waals surface area (Å²) in [7, 11) is 0. The fourth-order valence-corrected chi connectivity index (χ4v) is 2.26. The maximum absolute atomic E-state index is 10.8. The first-order valence-corrected chi connectivity index (χ1v) is 7.71. The first-order valence-electron chi connectivity index (χ1n) is 6.63. The molecule has 0 aliphatic rings. The number of Topliss-reactive ketones (excluding diaryl/α,β-unsaturated/α-hetero) is 1. The number of halogens is 1. The normalized spacial score (nSPS) is 10.3. The summed E-state index contributed by atoms with van der Waals surface area (Å²) in [5.74, 6) is 1.06. The predicted octanol–water partition coefficient (Wildman–Crippen LogP) is 4.71. The van der Waals surface area contributed by atoms with Gasteiger partial charge in [-0.1, -0.05) is 24.3 Å². The van der Waals surface area contributed by atoms with Gasteiger partial charge in [0.15, 0.2) is 0 Å². The zero-order valence-electron chi connectivity index (χ0n) is 11.4. The van der Waals surface area contributed by atoms with Crippen molar-refractivity contribution in [1.29, 1.82) is 0 Å². The topological polar surface area (TPSA) is 26.3 Å². The number of carbonyl (C=O) groups excluding carboxylic acids is 1. The Morgan fingerprint density at radius 3 is 2.10 bits per heavy atom. The summed E-state index contributed by atoms with van der Waals surface area (Å²) in [5, 5.41) is 0. The molecule has 0 amide bonds. The highest BCUT2D eigenvalue weighted by atomic mass is 127. The molecular formula is C17H17IO2. The minimum Gasteiger partial charge on any atom is -0.494 e. The van der Waals surface area contributed by atoms with E-state index in [-0.39, 0.29) is 5.78 Å². The summed E-state index contributed by atoms with van der Waals surface area (Å²) < 4.78 is 6.85. The molecule has 0 N–H and O–H groups in total. The molecule has 0 atom stereocenters. The molecule has 0 spiro atoms. The minimum absolute atomic E-state index is 0.211. The van der Waals surface area contributed by atoms with Crippen molar-refractivity contribution in [2.45, 2.75) is 19.8 Å². The number of hydrogen-bond acceptors (Lipinski definition) is 2. The van der Waals surface area contributed by atoms with E-state index in [4.69, 9.17) is 4.74 Å². The fourth-order valence-electron chi connectivity index (χ4n) is 1.90. The Morgan fingerprint density at radius 2 is 1.55 bits per heavy atom. The van der Waals surface area contributed by atoms with Crippen LogP contribution in [0.25, 0.3) is 11.1 Å². The van der Waals surface area contributed by atoms with Crippen LogP contribution in [0, 0.1) is 3.57 Å². The molecule has 104 valence electrons. The molecule has 0 radical (unpaired) electrons. The summed E-state index contributed by atoms with van der Waals surface area (Å²) >= 11 is 2.30. The lowest BCUT2D eigenvalue weighted by Crippen LogP contribution is -2.00. The first kappa shape index (κ1) is 15.0. The molecule has 0 saturated heterocycles. The van der Waals surface area contributed by atoms with E-state index in [1.54, 1.807) is 6.92 Å². The molecule has 2 aromatic rings. The highest BCUT2D eigenvalue weighted by Crippen LogP contribution is 2.23. The van der Waals surface area contributed by atoms with Crippen molar-refractivity contribution in [3.63, 3.8) is 0 Å². The number of rotatable bonds is 6. The van der Waals surface area contributed by atoms with Gasteiger partial charge in [-0.2, -0.15) is 0 Å². The summed E-state index contributed by atoms with van der Waals surface area (Å²) in [4.78, 5) is 10.8. The zero-order chi connectivity index (χ0) is 14.4. The van der Waals surface area contributed by atoms with Gasteiger partial charge in [0.25, 0.3) is 0 Å². The second-order valence-electron chi connectivity index (χ2n) is 4.69. The van der Waals surface area contributed by atoms with Gasteiger partial charge in [0.05, 0.1) is 6.61 Å². The van der Waals surface area contributed by atoms with Crippen LogP contribution in [0.2, 0.25) is 0 Å². The molecule has 20 heavy (non-hydrogen) atoms. The first-order chi connectivity index (χ1) is 9.65. The average molecular weight is 380 g/mol. The minimum atomic E-state index is 0.211. The second kappa shape index (κ2) is 7.43. The van der Waals surface area contributed by atoms with Crippen LogP contribution >= 0.6 is 22.6 Å². The summed E-state index contributed by atoms with van der Waals surface area (Å²) in [6, 6.07) is 16.5. The number of ether oxygens (including phenoxy) is 1. The van der Waals surface area contributed by atoms with E-state index in [1.165, 1.54) is 14.7 Å². The number of ketones is 1. The third-order valence-electron chi connectivity index (χ3n) is 2.97. The molecule has 0 bridgehead atoms. The maximum Gasteiger partial charge on any atom is 0.129 e. The Balaban J connectivity index is 1.92. The Bertz CT molecular complexity index is 559. The molecule has 0 saturated carbocycles. The molecule has 3 heteroatoms. The van der Waals surface area contributed by atoms with E-state index in [0.717, 1.165) is 12.2 Å². The van der Waals surface area contributed by atoms with Gasteiger partial charge >= 0.3 is 0 Å². The van der Waals surface area contributed by atoms with Gasteiger partial charge in [-0.25, -0.2) is 0 Å². The molecule has 2 rings (SSSR count). The zero-order valence-corrected chi connectivity index (χ0v) is 13.6. The van der Waals surface area contributed by atoms with Crippen molar-refractivity contribution in [2.75, 3.05) is 6.61 Å². The van der Waals surface area contributed by atoms with Gasteiger partial charge < -0.3 is 9.53 Å². The van der Waals surface area contributed by atoms with E-state index in [1.807, 2.05) is 12.1 Å². The van der Waals surface area contributed by atoms with E-state index in [9.17, 15) is 4.79 Å². The van der Waals surface area contributed by atoms with Gasteiger partial charge in [0, 0.05) is 9.99 Å². The SMILES string of the molecule is CC(=O)CCCOc1ccc(-c2ccc(I)cc2)cc1. The lowest BCUT2D eigenvalue weighted by molar-refractivity contribution is -0.117. The van der Waals surface area contributed by atoms with Crippen LogP contribution in [0.1, 0.15) is 19.8 Å². The second-order valence-corrected chi connectivity index (χ2v) is 5.93. The van der Waals surface area contributed by atoms with Gasteiger partial charge in [0.1, 0.15) is 11.5 Å². The monoisotopic (exact) mass is 380 g/mol. The van der Waals surface area contributed by atoms with E-state index >= 15 is 0 Å². The summed E-state index contributed by atoms with van der Waals surface area (Å²) in [6.07, 6.45) is 1.36. The molecule has 0 unspecified atom stereocenters. The lowest BCUT2D eigenvalue weighted by atomic mass is 10.1. The Labute approximate surface area is 133 Å². The third kappa shape index (κ3) is 4.63. The largest absolute Gasteiger partial charge is 0.494 e. The van der Waals surface area contributed by atoms with Gasteiger partial charge in [-0.05, 0) is 71.3 Å². The van der Waals surface area contributed by atoms with E-state index in [0.29, 0.717) is 13.0 Å². The molecule has 0 aliphatic heterocycles. The Morgan fingerprint density at radius 1 is 1.00 bits per heavy atom. The van der Waals surface area contributed by atoms with Gasteiger partial charge in [0.2, 0.25) is 0 Å². The van der Waals surface area contributed by atoms with Crippen LogP contribution in [0.4, 0.5) is 0 Å². The number of carbonyl (C=O) groups is 1. The lowest BCUT2D eigenvalue weighted by Gasteiger charge is -2.07. The van der Waals surface area contributed by atoms with Crippen LogP contribution < -0.4 is 4.74 Å². The fraction of sp³-hybridized carbons (Fsp3) is 0.235. The standard InChI is InChI=1S/C17H17IO2/c1-13(19)3-2-12-20-17-10-6-15(7-11-17)14-4-8-16(18)9-5-14/h4-11H,2-3,12H2,1H3. The molecule has 0 aliphatic carbocycles. The van der Waals surface area contributed by atoms with Crippen LogP contribution in [0.5, 0.6) is 5.75 Å². The predicted molar refractivity (Wildman–Crippen MR) is 90.0 cm³/mol. The highest BCUT2D eigenvalue weighted by Gasteiger charge is 1.99. The van der Waals surface area contributed by atoms with E-state index in [2.05, 4.69) is 59.0 Å². The van der Waals surface area contributed by atoms with Crippen molar-refractivity contribution < 1.29 is 9.53 Å². The number of benzene rings is 2. The molecule has 0 heterocycles. The van der Waals surface area contributed by atoms with E-state index < -0.39 is 0 Å². The summed E-state index contributed by atoms with van der Waals surface area (Å²) in [6.45, 7) is 2.19. The Kier molecular flexibility index (Phi) is 5.59. The van der Waals surface area contributed by atoms with Crippen LogP contribution in [-0.2, 0) is 4.79 Å². The van der Waals surface area contributed by atoms with Gasteiger partial charge in [-0.3, -0.25) is 0 Å². The highest BCUT2D eigenvalue weighted by molar-refractivity contribution is 14.1. The molecule has 2 aromatic carbocycles. The van der Waals surface area contributed by atoms with Crippen molar-refractivity contribution in [1.82, 2.24) is 0 Å². The summed E-state index contributed by atoms with van der Waals surface area (Å²) in [5.41, 5.74) is 2.38. The van der Waals surface area contributed by atoms with Crippen molar-refractivity contribution in [3.05, 3.63) is 52.1 Å². The van der Waals surface area contributed by atoms with Gasteiger partial charge in [-0.15, -0.1) is 0 Å². The average Bonchev–Trinajstić information content (AvgIpc) is 2.45. The van der Waals surface area contributed by atoms with Crippen molar-refractivity contribution in [3.8, 4) is 16.9 Å². The maximum atomic E-state index is 10.8. The van der Waals surface area contributed by atoms with Crippen LogP contribution in [0.15, 0.2) is 48.5 Å². The van der Waals surface area contributed by atoms with Crippen molar-refractivity contribution in [2.24, 2.45) is 0 Å². The smallest absolute Gasteiger partial charge is 0.129 e. The third-order valence-corrected chi connectivity index (χ3v) is 3.69. The Hall–Kier alpha value is -1.36. The quantitative estimate of drug-likeness (QED) is 0.536.